The second-order valence-corrected chi connectivity index (χ2v) is 4.87. The van der Waals surface area contributed by atoms with Gasteiger partial charge in [0.25, 0.3) is 0 Å². The molecule has 21 heavy (non-hydrogen) atoms. The minimum absolute atomic E-state index is 0.000972. The number of carbonyl (C=O) groups excluding carboxylic acids is 2. The number of halogens is 2. The van der Waals surface area contributed by atoms with E-state index < -0.39 is 36.1 Å². The summed E-state index contributed by atoms with van der Waals surface area (Å²) in [6.45, 7) is 1.33. The lowest BCUT2D eigenvalue weighted by molar-refractivity contribution is -0.154. The van der Waals surface area contributed by atoms with Crippen LogP contribution in [-0.2, 0) is 20.7 Å². The van der Waals surface area contributed by atoms with Gasteiger partial charge >= 0.3 is 5.97 Å². The van der Waals surface area contributed by atoms with Crippen LogP contribution in [0.25, 0.3) is 0 Å². The summed E-state index contributed by atoms with van der Waals surface area (Å²) in [7, 11) is 1.11. The van der Waals surface area contributed by atoms with Crippen LogP contribution in [-0.4, -0.2) is 31.3 Å². The second kappa shape index (κ2) is 7.83. The highest BCUT2D eigenvalue weighted by Crippen LogP contribution is 2.27. The average molecular weight is 299 g/mol. The summed E-state index contributed by atoms with van der Waals surface area (Å²) in [5, 5.41) is 0. The Bertz CT molecular complexity index is 477. The summed E-state index contributed by atoms with van der Waals surface area (Å²) in [5.74, 6) is -4.69. The highest BCUT2D eigenvalue weighted by molar-refractivity contribution is 5.90. The third-order valence-corrected chi connectivity index (χ3v) is 3.28. The van der Waals surface area contributed by atoms with E-state index in [-0.39, 0.29) is 6.42 Å². The van der Waals surface area contributed by atoms with Crippen LogP contribution in [0.1, 0.15) is 12.5 Å². The summed E-state index contributed by atoms with van der Waals surface area (Å²) in [5.41, 5.74) is 6.09. The first kappa shape index (κ1) is 17.2. The van der Waals surface area contributed by atoms with Crippen molar-refractivity contribution in [3.05, 3.63) is 35.9 Å². The molecule has 0 saturated carbocycles. The third kappa shape index (κ3) is 4.60. The number of esters is 1. The first-order valence-corrected chi connectivity index (χ1v) is 6.57. The van der Waals surface area contributed by atoms with Gasteiger partial charge in [-0.2, -0.15) is 0 Å². The number of methoxy groups -OCH3 is 1. The Kier molecular flexibility index (Phi) is 6.42. The quantitative estimate of drug-likeness (QED) is 0.780. The zero-order valence-corrected chi connectivity index (χ0v) is 12.0. The van der Waals surface area contributed by atoms with Crippen molar-refractivity contribution in [3.8, 4) is 0 Å². The van der Waals surface area contributed by atoms with Gasteiger partial charge in [-0.25, -0.2) is 8.78 Å². The predicted octanol–water partition coefficient (Wildman–Crippen LogP) is 1.82. The molecule has 6 heteroatoms. The molecule has 0 amide bonds. The summed E-state index contributed by atoms with van der Waals surface area (Å²) in [6.07, 6.45) is -2.97. The first-order chi connectivity index (χ1) is 9.88. The number of carbonyl (C=O) groups is 2. The van der Waals surface area contributed by atoms with Crippen molar-refractivity contribution in [2.45, 2.75) is 25.8 Å². The van der Waals surface area contributed by atoms with Crippen LogP contribution in [0, 0.1) is 11.8 Å². The van der Waals surface area contributed by atoms with E-state index in [1.165, 1.54) is 6.92 Å². The van der Waals surface area contributed by atoms with Crippen molar-refractivity contribution in [2.75, 3.05) is 7.11 Å². The normalized spacial score (nSPS) is 15.3. The van der Waals surface area contributed by atoms with E-state index in [1.54, 1.807) is 30.3 Å². The number of rotatable bonds is 7. The molecular weight excluding hydrogens is 280 g/mol. The van der Waals surface area contributed by atoms with E-state index in [9.17, 15) is 18.4 Å². The van der Waals surface area contributed by atoms with Crippen LogP contribution in [0.2, 0.25) is 0 Å². The molecule has 0 aliphatic heterocycles. The number of alkyl halides is 2. The molecule has 0 spiro atoms. The predicted molar refractivity (Wildman–Crippen MR) is 73.8 cm³/mol. The Hall–Kier alpha value is -1.82. The zero-order chi connectivity index (χ0) is 16.0. The summed E-state index contributed by atoms with van der Waals surface area (Å²) in [4.78, 5) is 23.8. The van der Waals surface area contributed by atoms with Gasteiger partial charge in [0.15, 0.2) is 5.78 Å². The third-order valence-electron chi connectivity index (χ3n) is 3.28. The van der Waals surface area contributed by atoms with Gasteiger partial charge in [0.05, 0.1) is 25.0 Å². The van der Waals surface area contributed by atoms with E-state index >= 15 is 0 Å². The number of hydrogen-bond donors (Lipinski definition) is 1. The Labute approximate surface area is 122 Å². The van der Waals surface area contributed by atoms with Gasteiger partial charge in [-0.1, -0.05) is 30.3 Å². The SMILES string of the molecule is COC(=O)C(Cc1ccccc1)C(C(=O)C(C)N)C(F)F. The Morgan fingerprint density at radius 1 is 1.24 bits per heavy atom. The molecule has 2 N–H and O–H groups in total. The molecule has 3 atom stereocenters. The Morgan fingerprint density at radius 3 is 2.24 bits per heavy atom. The lowest BCUT2D eigenvalue weighted by Gasteiger charge is -2.25. The Morgan fingerprint density at radius 2 is 1.81 bits per heavy atom. The van der Waals surface area contributed by atoms with Gasteiger partial charge in [0, 0.05) is 0 Å². The van der Waals surface area contributed by atoms with Gasteiger partial charge in [0.1, 0.15) is 0 Å². The molecule has 0 aliphatic rings. The summed E-state index contributed by atoms with van der Waals surface area (Å²) in [6, 6.07) is 7.58. The first-order valence-electron chi connectivity index (χ1n) is 6.57. The van der Waals surface area contributed by atoms with Gasteiger partial charge in [0.2, 0.25) is 6.43 Å². The topological polar surface area (TPSA) is 69.4 Å². The largest absolute Gasteiger partial charge is 0.469 e. The number of benzene rings is 1. The average Bonchev–Trinajstić information content (AvgIpc) is 2.46. The van der Waals surface area contributed by atoms with Gasteiger partial charge in [-0.15, -0.1) is 0 Å². The molecule has 1 aromatic carbocycles. The highest BCUT2D eigenvalue weighted by atomic mass is 19.3. The van der Waals surface area contributed by atoms with Crippen molar-refractivity contribution >= 4 is 11.8 Å². The van der Waals surface area contributed by atoms with Gasteiger partial charge in [-0.05, 0) is 18.9 Å². The summed E-state index contributed by atoms with van der Waals surface area (Å²) >= 11 is 0. The maximum atomic E-state index is 13.3. The molecule has 0 aromatic heterocycles. The molecule has 0 fully saturated rings. The second-order valence-electron chi connectivity index (χ2n) is 4.87. The lowest BCUT2D eigenvalue weighted by atomic mass is 9.82. The van der Waals surface area contributed by atoms with Crippen molar-refractivity contribution in [1.29, 1.82) is 0 Å². The molecule has 3 unspecified atom stereocenters. The minimum atomic E-state index is -2.98. The molecule has 1 rings (SSSR count). The minimum Gasteiger partial charge on any atom is -0.469 e. The van der Waals surface area contributed by atoms with Gasteiger partial charge in [-0.3, -0.25) is 9.59 Å². The fraction of sp³-hybridized carbons (Fsp3) is 0.467. The van der Waals surface area contributed by atoms with Crippen molar-refractivity contribution < 1.29 is 23.1 Å². The molecule has 1 aromatic rings. The van der Waals surface area contributed by atoms with Crippen LogP contribution in [0.15, 0.2) is 30.3 Å². The summed E-state index contributed by atoms with van der Waals surface area (Å²) < 4.78 is 31.1. The fourth-order valence-corrected chi connectivity index (χ4v) is 2.18. The maximum absolute atomic E-state index is 13.3. The zero-order valence-electron chi connectivity index (χ0n) is 12.0. The lowest BCUT2D eigenvalue weighted by Crippen LogP contribution is -2.43. The highest BCUT2D eigenvalue weighted by Gasteiger charge is 2.41. The van der Waals surface area contributed by atoms with Crippen molar-refractivity contribution in [3.63, 3.8) is 0 Å². The molecule has 0 heterocycles. The van der Waals surface area contributed by atoms with E-state index in [2.05, 4.69) is 4.74 Å². The smallest absolute Gasteiger partial charge is 0.309 e. The van der Waals surface area contributed by atoms with E-state index in [4.69, 9.17) is 5.73 Å². The number of hydrogen-bond acceptors (Lipinski definition) is 4. The van der Waals surface area contributed by atoms with Crippen LogP contribution in [0.3, 0.4) is 0 Å². The molecule has 4 nitrogen and oxygen atoms in total. The van der Waals surface area contributed by atoms with Crippen LogP contribution < -0.4 is 5.73 Å². The molecule has 0 radical (unpaired) electrons. The standard InChI is InChI=1S/C15H19F2NO3/c1-9(18)13(19)12(14(16)17)11(15(20)21-2)8-10-6-4-3-5-7-10/h3-7,9,11-12,14H,8,18H2,1-2H3. The molecular formula is C15H19F2NO3. The van der Waals surface area contributed by atoms with Crippen molar-refractivity contribution in [1.82, 2.24) is 0 Å². The van der Waals surface area contributed by atoms with E-state index in [0.717, 1.165) is 7.11 Å². The van der Waals surface area contributed by atoms with E-state index in [1.807, 2.05) is 0 Å². The Balaban J connectivity index is 3.09. The number of ether oxygens (including phenoxy) is 1. The van der Waals surface area contributed by atoms with Crippen LogP contribution in [0.5, 0.6) is 0 Å². The van der Waals surface area contributed by atoms with Crippen molar-refractivity contribution in [2.24, 2.45) is 17.6 Å². The van der Waals surface area contributed by atoms with Crippen LogP contribution >= 0.6 is 0 Å². The number of ketones is 1. The molecule has 0 aliphatic carbocycles. The number of Topliss-reactive ketones (excluding diaryl/α,β-unsaturated/α-hetero) is 1. The molecule has 0 bridgehead atoms. The molecule has 116 valence electrons. The monoisotopic (exact) mass is 299 g/mol. The van der Waals surface area contributed by atoms with Crippen LogP contribution in [0.4, 0.5) is 8.78 Å². The maximum Gasteiger partial charge on any atom is 0.309 e. The van der Waals surface area contributed by atoms with E-state index in [0.29, 0.717) is 5.56 Å². The van der Waals surface area contributed by atoms with Gasteiger partial charge < -0.3 is 10.5 Å². The fourth-order valence-electron chi connectivity index (χ4n) is 2.18. The molecule has 0 saturated heterocycles. The number of nitrogens with two attached hydrogens (primary N) is 1.